The van der Waals surface area contributed by atoms with Crippen LogP contribution in [0.2, 0.25) is 5.02 Å². The van der Waals surface area contributed by atoms with Crippen LogP contribution in [-0.2, 0) is 6.54 Å². The first-order valence-electron chi connectivity index (χ1n) is 9.46. The fourth-order valence-corrected chi connectivity index (χ4v) is 3.05. The van der Waals surface area contributed by atoms with E-state index in [-0.39, 0.29) is 5.91 Å². The summed E-state index contributed by atoms with van der Waals surface area (Å²) in [7, 11) is 0. The monoisotopic (exact) mass is 407 g/mol. The van der Waals surface area contributed by atoms with E-state index in [1.165, 1.54) is 0 Å². The highest BCUT2D eigenvalue weighted by molar-refractivity contribution is 6.30. The van der Waals surface area contributed by atoms with Crippen LogP contribution in [0.15, 0.2) is 66.7 Å². The van der Waals surface area contributed by atoms with Crippen molar-refractivity contribution in [3.05, 3.63) is 88.4 Å². The summed E-state index contributed by atoms with van der Waals surface area (Å²) in [5.74, 6) is 0.551. The van der Waals surface area contributed by atoms with Gasteiger partial charge in [0, 0.05) is 28.3 Å². The van der Waals surface area contributed by atoms with Gasteiger partial charge >= 0.3 is 0 Å². The molecule has 0 fully saturated rings. The average molecular weight is 408 g/mol. The Morgan fingerprint density at radius 3 is 2.52 bits per heavy atom. The molecular formula is C24H22ClNO3. The Kier molecular flexibility index (Phi) is 7.04. The molecule has 0 unspecified atom stereocenters. The second-order valence-electron chi connectivity index (χ2n) is 6.60. The van der Waals surface area contributed by atoms with Gasteiger partial charge in [0.05, 0.1) is 6.61 Å². The number of ether oxygens (including phenoxy) is 1. The van der Waals surface area contributed by atoms with Crippen LogP contribution >= 0.6 is 11.6 Å². The first kappa shape index (κ1) is 20.6. The van der Waals surface area contributed by atoms with E-state index in [1.54, 1.807) is 30.3 Å². The molecule has 3 rings (SSSR count). The summed E-state index contributed by atoms with van der Waals surface area (Å²) < 4.78 is 5.85. The number of carbonyl (C=O) groups is 2. The van der Waals surface area contributed by atoms with Crippen LogP contribution in [0.4, 0.5) is 0 Å². The van der Waals surface area contributed by atoms with Crippen molar-refractivity contribution in [2.45, 2.75) is 19.9 Å². The van der Waals surface area contributed by atoms with Gasteiger partial charge in [-0.25, -0.2) is 0 Å². The lowest BCUT2D eigenvalue weighted by molar-refractivity contribution is 0.0950. The number of rotatable bonds is 8. The third-order valence-corrected chi connectivity index (χ3v) is 4.68. The van der Waals surface area contributed by atoms with Crippen LogP contribution in [0.1, 0.15) is 39.6 Å². The summed E-state index contributed by atoms with van der Waals surface area (Å²) in [6, 6.07) is 20.0. The van der Waals surface area contributed by atoms with Gasteiger partial charge in [-0.3, -0.25) is 9.59 Å². The smallest absolute Gasteiger partial charge is 0.251 e. The highest BCUT2D eigenvalue weighted by atomic mass is 35.5. The average Bonchev–Trinajstić information content (AvgIpc) is 2.76. The van der Waals surface area contributed by atoms with Crippen molar-refractivity contribution in [2.75, 3.05) is 6.61 Å². The van der Waals surface area contributed by atoms with Crippen molar-refractivity contribution in [1.29, 1.82) is 0 Å². The second-order valence-corrected chi connectivity index (χ2v) is 7.04. The molecule has 5 heteroatoms. The van der Waals surface area contributed by atoms with Crippen molar-refractivity contribution in [2.24, 2.45) is 0 Å². The molecule has 0 atom stereocenters. The number of carbonyl (C=O) groups excluding carboxylic acids is 2. The van der Waals surface area contributed by atoms with Crippen molar-refractivity contribution in [3.63, 3.8) is 0 Å². The van der Waals surface area contributed by atoms with E-state index < -0.39 is 0 Å². The van der Waals surface area contributed by atoms with Crippen LogP contribution in [0.5, 0.6) is 5.75 Å². The number of hydrogen-bond acceptors (Lipinski definition) is 3. The van der Waals surface area contributed by atoms with E-state index in [2.05, 4.69) is 5.32 Å². The summed E-state index contributed by atoms with van der Waals surface area (Å²) in [5.41, 5.74) is 3.91. The van der Waals surface area contributed by atoms with Crippen LogP contribution in [-0.4, -0.2) is 18.8 Å². The normalized spacial score (nSPS) is 10.4. The molecule has 3 aromatic carbocycles. The fourth-order valence-electron chi connectivity index (χ4n) is 2.92. The van der Waals surface area contributed by atoms with E-state index in [4.69, 9.17) is 16.3 Å². The first-order chi connectivity index (χ1) is 14.1. The molecule has 0 spiro atoms. The summed E-state index contributed by atoms with van der Waals surface area (Å²) in [6.45, 7) is 2.96. The Morgan fingerprint density at radius 1 is 1.03 bits per heavy atom. The zero-order valence-corrected chi connectivity index (χ0v) is 16.9. The van der Waals surface area contributed by atoms with E-state index in [0.717, 1.165) is 35.1 Å². The third-order valence-electron chi connectivity index (χ3n) is 4.42. The lowest BCUT2D eigenvalue weighted by Gasteiger charge is -2.14. The molecule has 0 saturated heterocycles. The van der Waals surface area contributed by atoms with Gasteiger partial charge in [-0.1, -0.05) is 42.8 Å². The second kappa shape index (κ2) is 9.89. The Balaban J connectivity index is 1.84. The molecule has 0 aliphatic carbocycles. The molecule has 4 nitrogen and oxygen atoms in total. The van der Waals surface area contributed by atoms with Gasteiger partial charge in [-0.05, 0) is 60.0 Å². The predicted molar refractivity (Wildman–Crippen MR) is 116 cm³/mol. The zero-order valence-electron chi connectivity index (χ0n) is 16.2. The molecule has 148 valence electrons. The molecule has 3 aromatic rings. The van der Waals surface area contributed by atoms with Crippen LogP contribution in [0.25, 0.3) is 11.1 Å². The lowest BCUT2D eigenvalue weighted by atomic mass is 10.0. The molecular weight excluding hydrogens is 386 g/mol. The van der Waals surface area contributed by atoms with Gasteiger partial charge in [0.25, 0.3) is 5.91 Å². The van der Waals surface area contributed by atoms with Gasteiger partial charge in [0.15, 0.2) is 0 Å². The maximum atomic E-state index is 12.5. The largest absolute Gasteiger partial charge is 0.493 e. The van der Waals surface area contributed by atoms with Crippen LogP contribution in [0, 0.1) is 0 Å². The lowest BCUT2D eigenvalue weighted by Crippen LogP contribution is -2.23. The standard InChI is InChI=1S/C24H22ClNO3/c1-2-12-29-23-11-8-20(19-5-3-4-17(13-19)16-27)14-21(23)15-26-24(28)18-6-9-22(25)10-7-18/h3-11,13-14,16H,2,12,15H2,1H3,(H,26,28). The maximum Gasteiger partial charge on any atom is 0.251 e. The molecule has 0 aromatic heterocycles. The number of hydrogen-bond donors (Lipinski definition) is 1. The molecule has 1 amide bonds. The number of amides is 1. The molecule has 0 aliphatic heterocycles. The minimum absolute atomic E-state index is 0.184. The fraction of sp³-hybridized carbons (Fsp3) is 0.167. The topological polar surface area (TPSA) is 55.4 Å². The minimum Gasteiger partial charge on any atom is -0.493 e. The van der Waals surface area contributed by atoms with Gasteiger partial charge in [0.2, 0.25) is 0 Å². The Morgan fingerprint density at radius 2 is 1.79 bits per heavy atom. The van der Waals surface area contributed by atoms with Gasteiger partial charge < -0.3 is 10.1 Å². The summed E-state index contributed by atoms with van der Waals surface area (Å²) >= 11 is 5.89. The van der Waals surface area contributed by atoms with E-state index in [1.807, 2.05) is 43.3 Å². The number of benzene rings is 3. The summed E-state index contributed by atoms with van der Waals surface area (Å²) in [5, 5.41) is 3.52. The van der Waals surface area contributed by atoms with Gasteiger partial charge in [-0.2, -0.15) is 0 Å². The maximum absolute atomic E-state index is 12.5. The zero-order chi connectivity index (χ0) is 20.6. The number of aldehydes is 1. The van der Waals surface area contributed by atoms with Gasteiger partial charge in [0.1, 0.15) is 12.0 Å². The molecule has 0 radical (unpaired) electrons. The Labute approximate surface area is 175 Å². The Hall–Kier alpha value is -3.11. The number of halogens is 1. The molecule has 0 bridgehead atoms. The van der Waals surface area contributed by atoms with Crippen LogP contribution < -0.4 is 10.1 Å². The predicted octanol–water partition coefficient (Wildman–Crippen LogP) is 5.54. The number of nitrogens with one attached hydrogen (secondary N) is 1. The van der Waals surface area contributed by atoms with E-state index in [9.17, 15) is 9.59 Å². The van der Waals surface area contributed by atoms with E-state index >= 15 is 0 Å². The minimum atomic E-state index is -0.184. The molecule has 0 saturated carbocycles. The van der Waals surface area contributed by atoms with Crippen molar-refractivity contribution < 1.29 is 14.3 Å². The highest BCUT2D eigenvalue weighted by Crippen LogP contribution is 2.27. The summed E-state index contributed by atoms with van der Waals surface area (Å²) in [6.07, 6.45) is 1.72. The highest BCUT2D eigenvalue weighted by Gasteiger charge is 2.10. The molecule has 0 aliphatic rings. The molecule has 29 heavy (non-hydrogen) atoms. The quantitative estimate of drug-likeness (QED) is 0.499. The molecule has 1 N–H and O–H groups in total. The van der Waals surface area contributed by atoms with Gasteiger partial charge in [-0.15, -0.1) is 0 Å². The summed E-state index contributed by atoms with van der Waals surface area (Å²) in [4.78, 5) is 23.5. The van der Waals surface area contributed by atoms with Crippen molar-refractivity contribution in [1.82, 2.24) is 5.32 Å². The first-order valence-corrected chi connectivity index (χ1v) is 9.83. The van der Waals surface area contributed by atoms with Crippen molar-refractivity contribution in [3.8, 4) is 16.9 Å². The van der Waals surface area contributed by atoms with Crippen LogP contribution in [0.3, 0.4) is 0 Å². The Bertz CT molecular complexity index is 999. The third kappa shape index (κ3) is 5.46. The molecule has 0 heterocycles. The SMILES string of the molecule is CCCOc1ccc(-c2cccc(C=O)c2)cc1CNC(=O)c1ccc(Cl)cc1. The van der Waals surface area contributed by atoms with E-state index in [0.29, 0.717) is 29.3 Å². The van der Waals surface area contributed by atoms with Crippen molar-refractivity contribution >= 4 is 23.8 Å².